The summed E-state index contributed by atoms with van der Waals surface area (Å²) < 4.78 is 52.9. The van der Waals surface area contributed by atoms with Crippen molar-refractivity contribution >= 4 is 48.1 Å². The molecule has 3 aromatic rings. The summed E-state index contributed by atoms with van der Waals surface area (Å²) in [5, 5.41) is 4.23. The first-order chi connectivity index (χ1) is 15.7. The van der Waals surface area contributed by atoms with Crippen molar-refractivity contribution in [2.75, 3.05) is 35.5 Å². The normalized spacial score (nSPS) is 14.9. The van der Waals surface area contributed by atoms with Crippen LogP contribution in [0.15, 0.2) is 71.6 Å². The maximum Gasteiger partial charge on any atom is 0.245 e. The SMILES string of the molecule is CS(=O)(=O)N(CC(=O)Nc1ccc(S(=O)(=O)N2CCCC2)cc1)c1cccc2ccccc12. The van der Waals surface area contributed by atoms with Gasteiger partial charge in [0.05, 0.1) is 16.8 Å². The standard InChI is InChI=1S/C23H25N3O5S2/c1-32(28,29)26(22-10-6-8-18-7-2-3-9-21(18)22)17-23(27)24-19-11-13-20(14-12-19)33(30,31)25-15-4-5-16-25/h2-3,6-14H,4-5,15-17H2,1H3,(H,24,27). The van der Waals surface area contributed by atoms with Crippen LogP contribution in [0.2, 0.25) is 0 Å². The number of anilines is 2. The molecule has 1 heterocycles. The Morgan fingerprint density at radius 3 is 2.21 bits per heavy atom. The van der Waals surface area contributed by atoms with Crippen molar-refractivity contribution in [2.24, 2.45) is 0 Å². The molecule has 10 heteroatoms. The lowest BCUT2D eigenvalue weighted by Crippen LogP contribution is -2.37. The Labute approximate surface area is 193 Å². The zero-order valence-corrected chi connectivity index (χ0v) is 19.8. The molecule has 0 aromatic heterocycles. The molecular weight excluding hydrogens is 462 g/mol. The number of nitrogens with one attached hydrogen (secondary N) is 1. The van der Waals surface area contributed by atoms with Crippen LogP contribution in [0.4, 0.5) is 11.4 Å². The molecule has 0 bridgehead atoms. The molecule has 1 N–H and O–H groups in total. The highest BCUT2D eigenvalue weighted by Gasteiger charge is 2.27. The number of carbonyl (C=O) groups excluding carboxylic acids is 1. The fraction of sp³-hybridized carbons (Fsp3) is 0.261. The van der Waals surface area contributed by atoms with Crippen LogP contribution in [0.1, 0.15) is 12.8 Å². The Morgan fingerprint density at radius 2 is 1.55 bits per heavy atom. The van der Waals surface area contributed by atoms with Crippen molar-refractivity contribution in [3.8, 4) is 0 Å². The van der Waals surface area contributed by atoms with Crippen LogP contribution in [0.5, 0.6) is 0 Å². The second-order valence-electron chi connectivity index (χ2n) is 7.95. The molecule has 0 saturated carbocycles. The van der Waals surface area contributed by atoms with Gasteiger partial charge >= 0.3 is 0 Å². The third-order valence-corrected chi connectivity index (χ3v) is 8.60. The lowest BCUT2D eigenvalue weighted by atomic mass is 10.1. The van der Waals surface area contributed by atoms with E-state index >= 15 is 0 Å². The molecular formula is C23H25N3O5S2. The molecule has 1 aliphatic rings. The largest absolute Gasteiger partial charge is 0.325 e. The van der Waals surface area contributed by atoms with Gasteiger partial charge in [-0.05, 0) is 48.6 Å². The minimum Gasteiger partial charge on any atom is -0.325 e. The Bertz CT molecular complexity index is 1380. The number of nitrogens with zero attached hydrogens (tertiary/aromatic N) is 2. The molecule has 0 atom stereocenters. The molecule has 174 valence electrons. The van der Waals surface area contributed by atoms with E-state index in [1.54, 1.807) is 18.2 Å². The topological polar surface area (TPSA) is 104 Å². The summed E-state index contributed by atoms with van der Waals surface area (Å²) in [6, 6.07) is 18.5. The lowest BCUT2D eigenvalue weighted by Gasteiger charge is -2.23. The summed E-state index contributed by atoms with van der Waals surface area (Å²) in [5.74, 6) is -0.538. The molecule has 1 aliphatic heterocycles. The second-order valence-corrected chi connectivity index (χ2v) is 11.8. The molecule has 0 radical (unpaired) electrons. The molecule has 1 fully saturated rings. The van der Waals surface area contributed by atoms with Crippen molar-refractivity contribution < 1.29 is 21.6 Å². The van der Waals surface area contributed by atoms with E-state index in [0.717, 1.165) is 34.2 Å². The van der Waals surface area contributed by atoms with E-state index < -0.39 is 32.5 Å². The number of sulfonamides is 2. The van der Waals surface area contributed by atoms with Crippen LogP contribution < -0.4 is 9.62 Å². The average Bonchev–Trinajstić information content (AvgIpc) is 3.33. The van der Waals surface area contributed by atoms with Crippen LogP contribution in [-0.4, -0.2) is 52.9 Å². The Balaban J connectivity index is 1.53. The third-order valence-electron chi connectivity index (χ3n) is 5.56. The molecule has 0 aliphatic carbocycles. The zero-order chi connectivity index (χ0) is 23.6. The summed E-state index contributed by atoms with van der Waals surface area (Å²) in [6.07, 6.45) is 2.75. The number of hydrogen-bond donors (Lipinski definition) is 1. The predicted octanol–water partition coefficient (Wildman–Crippen LogP) is 3.03. The van der Waals surface area contributed by atoms with Gasteiger partial charge in [0, 0.05) is 24.2 Å². The maximum atomic E-state index is 12.7. The highest BCUT2D eigenvalue weighted by Crippen LogP contribution is 2.28. The maximum absolute atomic E-state index is 12.7. The van der Waals surface area contributed by atoms with Crippen molar-refractivity contribution in [1.29, 1.82) is 0 Å². The van der Waals surface area contributed by atoms with Crippen molar-refractivity contribution in [1.82, 2.24) is 4.31 Å². The zero-order valence-electron chi connectivity index (χ0n) is 18.1. The fourth-order valence-electron chi connectivity index (χ4n) is 3.93. The lowest BCUT2D eigenvalue weighted by molar-refractivity contribution is -0.114. The molecule has 1 saturated heterocycles. The average molecular weight is 488 g/mol. The van der Waals surface area contributed by atoms with E-state index in [2.05, 4.69) is 5.32 Å². The van der Waals surface area contributed by atoms with Gasteiger partial charge in [0.2, 0.25) is 26.0 Å². The first kappa shape index (κ1) is 23.2. The molecule has 1 amide bonds. The molecule has 33 heavy (non-hydrogen) atoms. The van der Waals surface area contributed by atoms with E-state index in [9.17, 15) is 21.6 Å². The van der Waals surface area contributed by atoms with Gasteiger partial charge in [-0.2, -0.15) is 4.31 Å². The minimum atomic E-state index is -3.74. The van der Waals surface area contributed by atoms with Gasteiger partial charge in [-0.3, -0.25) is 9.10 Å². The van der Waals surface area contributed by atoms with E-state index in [1.165, 1.54) is 28.6 Å². The van der Waals surface area contributed by atoms with Crippen molar-refractivity contribution in [3.05, 3.63) is 66.7 Å². The van der Waals surface area contributed by atoms with Gasteiger partial charge < -0.3 is 5.32 Å². The fourth-order valence-corrected chi connectivity index (χ4v) is 6.31. The van der Waals surface area contributed by atoms with Crippen molar-refractivity contribution in [3.63, 3.8) is 0 Å². The summed E-state index contributed by atoms with van der Waals surface area (Å²) in [7, 11) is -7.29. The van der Waals surface area contributed by atoms with Crippen LogP contribution in [0, 0.1) is 0 Å². The number of carbonyl (C=O) groups is 1. The van der Waals surface area contributed by atoms with Crippen LogP contribution in [0.25, 0.3) is 10.8 Å². The first-order valence-corrected chi connectivity index (χ1v) is 13.8. The van der Waals surface area contributed by atoms with Gasteiger partial charge in [0.25, 0.3) is 0 Å². The smallest absolute Gasteiger partial charge is 0.245 e. The molecule has 8 nitrogen and oxygen atoms in total. The van der Waals surface area contributed by atoms with Gasteiger partial charge in [-0.25, -0.2) is 16.8 Å². The highest BCUT2D eigenvalue weighted by molar-refractivity contribution is 7.92. The number of hydrogen-bond acceptors (Lipinski definition) is 5. The molecule has 3 aromatic carbocycles. The molecule has 0 spiro atoms. The van der Waals surface area contributed by atoms with E-state index in [0.29, 0.717) is 24.5 Å². The number of rotatable bonds is 7. The quantitative estimate of drug-likeness (QED) is 0.552. The minimum absolute atomic E-state index is 0.163. The summed E-state index contributed by atoms with van der Waals surface area (Å²) in [6.45, 7) is 0.604. The molecule has 0 unspecified atom stereocenters. The van der Waals surface area contributed by atoms with Gasteiger partial charge in [-0.1, -0.05) is 36.4 Å². The van der Waals surface area contributed by atoms with Gasteiger partial charge in [0.15, 0.2) is 0 Å². The number of amides is 1. The third kappa shape index (κ3) is 5.02. The Morgan fingerprint density at radius 1 is 0.909 bits per heavy atom. The summed E-state index contributed by atoms with van der Waals surface area (Å²) >= 11 is 0. The predicted molar refractivity (Wildman–Crippen MR) is 129 cm³/mol. The summed E-state index contributed by atoms with van der Waals surface area (Å²) in [5.41, 5.74) is 0.796. The Kier molecular flexibility index (Phi) is 6.42. The highest BCUT2D eigenvalue weighted by atomic mass is 32.2. The summed E-state index contributed by atoms with van der Waals surface area (Å²) in [4.78, 5) is 12.9. The van der Waals surface area contributed by atoms with Crippen LogP contribution in [-0.2, 0) is 24.8 Å². The second kappa shape index (κ2) is 9.12. The van der Waals surface area contributed by atoms with E-state index in [1.807, 2.05) is 24.3 Å². The van der Waals surface area contributed by atoms with E-state index in [-0.39, 0.29) is 4.90 Å². The Hall–Kier alpha value is -2.95. The van der Waals surface area contributed by atoms with E-state index in [4.69, 9.17) is 0 Å². The van der Waals surface area contributed by atoms with Crippen molar-refractivity contribution in [2.45, 2.75) is 17.7 Å². The number of fused-ring (bicyclic) bond motifs is 1. The van der Waals surface area contributed by atoms with Gasteiger partial charge in [-0.15, -0.1) is 0 Å². The van der Waals surface area contributed by atoms with Crippen LogP contribution >= 0.6 is 0 Å². The monoisotopic (exact) mass is 487 g/mol. The number of benzene rings is 3. The first-order valence-electron chi connectivity index (χ1n) is 10.5. The van der Waals surface area contributed by atoms with Gasteiger partial charge in [0.1, 0.15) is 6.54 Å². The van der Waals surface area contributed by atoms with Crippen LogP contribution in [0.3, 0.4) is 0 Å². The molecule has 4 rings (SSSR count).